The molecule has 0 aliphatic heterocycles. The molecule has 6 heteroatoms. The van der Waals surface area contributed by atoms with Crippen LogP contribution in [-0.2, 0) is 0 Å². The monoisotopic (exact) mass is 322 g/mol. The number of nitrogens with one attached hydrogen (secondary N) is 2. The van der Waals surface area contributed by atoms with Crippen molar-refractivity contribution in [1.29, 1.82) is 0 Å². The van der Waals surface area contributed by atoms with E-state index < -0.39 is 0 Å². The standard InChI is InChI=1S/C18H22N6/c1-14(24(3)13-12-20-2)22-23-18-10-8-17(9-11-18)21-16-6-4-15(19)5-7-16/h4-13,20-21H,1,19H2,2-3H3/b13-12-,23-22?. The van der Waals surface area contributed by atoms with Gasteiger partial charge in [0.2, 0.25) is 0 Å². The normalized spacial score (nSPS) is 10.9. The first kappa shape index (κ1) is 17.1. The molecule has 0 aliphatic rings. The maximum absolute atomic E-state index is 5.68. The molecule has 24 heavy (non-hydrogen) atoms. The van der Waals surface area contributed by atoms with Crippen LogP contribution in [0, 0.1) is 0 Å². The van der Waals surface area contributed by atoms with Crippen molar-refractivity contribution >= 4 is 22.7 Å². The minimum absolute atomic E-state index is 0.547. The van der Waals surface area contributed by atoms with E-state index in [9.17, 15) is 0 Å². The Morgan fingerprint density at radius 2 is 1.67 bits per heavy atom. The Morgan fingerprint density at radius 1 is 1.08 bits per heavy atom. The summed E-state index contributed by atoms with van der Waals surface area (Å²) in [6, 6.07) is 15.2. The van der Waals surface area contributed by atoms with Gasteiger partial charge in [-0.3, -0.25) is 0 Å². The maximum Gasteiger partial charge on any atom is 0.147 e. The van der Waals surface area contributed by atoms with E-state index in [1.54, 1.807) is 11.1 Å². The lowest BCUT2D eigenvalue weighted by molar-refractivity contribution is 0.553. The van der Waals surface area contributed by atoms with Crippen LogP contribution in [0.3, 0.4) is 0 Å². The third-order valence-electron chi connectivity index (χ3n) is 3.22. The number of benzene rings is 2. The van der Waals surface area contributed by atoms with Crippen LogP contribution < -0.4 is 16.4 Å². The van der Waals surface area contributed by atoms with Gasteiger partial charge in [0.1, 0.15) is 5.82 Å². The summed E-state index contributed by atoms with van der Waals surface area (Å²) in [4.78, 5) is 1.77. The van der Waals surface area contributed by atoms with Crippen molar-refractivity contribution < 1.29 is 0 Å². The number of anilines is 3. The van der Waals surface area contributed by atoms with Crippen molar-refractivity contribution in [3.05, 3.63) is 73.3 Å². The lowest BCUT2D eigenvalue weighted by Crippen LogP contribution is -2.08. The molecular weight excluding hydrogens is 300 g/mol. The molecule has 0 bridgehead atoms. The van der Waals surface area contributed by atoms with Gasteiger partial charge in [0, 0.05) is 43.6 Å². The Labute approximate surface area is 142 Å². The molecule has 0 saturated carbocycles. The van der Waals surface area contributed by atoms with Crippen LogP contribution in [0.1, 0.15) is 0 Å². The number of azo groups is 1. The van der Waals surface area contributed by atoms with E-state index >= 15 is 0 Å². The highest BCUT2D eigenvalue weighted by atomic mass is 15.3. The second kappa shape index (κ2) is 8.38. The quantitative estimate of drug-likeness (QED) is 0.527. The fraction of sp³-hybridized carbons (Fsp3) is 0.111. The first-order valence-electron chi connectivity index (χ1n) is 7.48. The van der Waals surface area contributed by atoms with Crippen LogP contribution in [0.5, 0.6) is 0 Å². The van der Waals surface area contributed by atoms with Crippen molar-refractivity contribution in [2.75, 3.05) is 25.1 Å². The first-order chi connectivity index (χ1) is 11.6. The van der Waals surface area contributed by atoms with Gasteiger partial charge in [0.25, 0.3) is 0 Å². The fourth-order valence-electron chi connectivity index (χ4n) is 1.80. The zero-order valence-electron chi connectivity index (χ0n) is 13.9. The summed E-state index contributed by atoms with van der Waals surface area (Å²) in [6.07, 6.45) is 3.61. The number of hydrogen-bond acceptors (Lipinski definition) is 6. The third-order valence-corrected chi connectivity index (χ3v) is 3.22. The van der Waals surface area contributed by atoms with E-state index in [0.29, 0.717) is 5.82 Å². The minimum Gasteiger partial charge on any atom is -0.399 e. The number of rotatable bonds is 7. The average molecular weight is 322 g/mol. The second-order valence-electron chi connectivity index (χ2n) is 5.13. The molecule has 6 nitrogen and oxygen atoms in total. The van der Waals surface area contributed by atoms with Gasteiger partial charge in [-0.05, 0) is 48.5 Å². The molecule has 0 spiro atoms. The third kappa shape index (κ3) is 5.17. The van der Waals surface area contributed by atoms with Crippen LogP contribution in [0.2, 0.25) is 0 Å². The summed E-state index contributed by atoms with van der Waals surface area (Å²) < 4.78 is 0. The van der Waals surface area contributed by atoms with Gasteiger partial charge in [-0.25, -0.2) is 0 Å². The van der Waals surface area contributed by atoms with Crippen LogP contribution in [0.15, 0.2) is 83.6 Å². The topological polar surface area (TPSA) is 78.0 Å². The molecule has 0 amide bonds. The average Bonchev–Trinajstić information content (AvgIpc) is 2.60. The van der Waals surface area contributed by atoms with Crippen molar-refractivity contribution in [1.82, 2.24) is 10.2 Å². The van der Waals surface area contributed by atoms with Crippen LogP contribution in [0.25, 0.3) is 0 Å². The van der Waals surface area contributed by atoms with Gasteiger partial charge < -0.3 is 21.3 Å². The van der Waals surface area contributed by atoms with Gasteiger partial charge in [0.05, 0.1) is 5.69 Å². The summed E-state index contributed by atoms with van der Waals surface area (Å²) in [6.45, 7) is 3.87. The lowest BCUT2D eigenvalue weighted by Gasteiger charge is -2.11. The predicted molar refractivity (Wildman–Crippen MR) is 100 cm³/mol. The molecule has 0 heterocycles. The van der Waals surface area contributed by atoms with Crippen molar-refractivity contribution in [2.45, 2.75) is 0 Å². The molecule has 0 unspecified atom stereocenters. The number of hydrogen-bond donors (Lipinski definition) is 3. The van der Waals surface area contributed by atoms with E-state index in [2.05, 4.69) is 27.4 Å². The molecule has 2 aromatic carbocycles. The van der Waals surface area contributed by atoms with Gasteiger partial charge in [-0.15, -0.1) is 10.2 Å². The van der Waals surface area contributed by atoms with Gasteiger partial charge in [0.15, 0.2) is 0 Å². The predicted octanol–water partition coefficient (Wildman–Crippen LogP) is 4.19. The Hall–Kier alpha value is -3.28. The molecule has 2 rings (SSSR count). The fourth-order valence-corrected chi connectivity index (χ4v) is 1.80. The largest absolute Gasteiger partial charge is 0.399 e. The Balaban J connectivity index is 1.96. The molecule has 0 radical (unpaired) electrons. The number of nitrogens with two attached hydrogens (primary N) is 1. The Bertz CT molecular complexity index is 716. The molecule has 0 atom stereocenters. The Kier molecular flexibility index (Phi) is 5.96. The molecule has 0 saturated heterocycles. The lowest BCUT2D eigenvalue weighted by atomic mass is 10.2. The van der Waals surface area contributed by atoms with Crippen LogP contribution in [-0.4, -0.2) is 19.0 Å². The van der Waals surface area contributed by atoms with Crippen molar-refractivity contribution in [3.8, 4) is 0 Å². The molecule has 0 fully saturated rings. The molecular formula is C18H22N6. The van der Waals surface area contributed by atoms with Gasteiger partial charge in [-0.2, -0.15) is 0 Å². The highest BCUT2D eigenvalue weighted by Crippen LogP contribution is 2.21. The van der Waals surface area contributed by atoms with Crippen molar-refractivity contribution in [2.24, 2.45) is 10.2 Å². The summed E-state index contributed by atoms with van der Waals surface area (Å²) in [7, 11) is 3.68. The van der Waals surface area contributed by atoms with E-state index in [1.807, 2.05) is 68.8 Å². The highest BCUT2D eigenvalue weighted by Gasteiger charge is 1.98. The smallest absolute Gasteiger partial charge is 0.147 e. The first-order valence-corrected chi connectivity index (χ1v) is 7.48. The highest BCUT2D eigenvalue weighted by molar-refractivity contribution is 5.63. The SMILES string of the molecule is C=C(N=Nc1ccc(Nc2ccc(N)cc2)cc1)N(C)/C=C\NC. The summed E-state index contributed by atoms with van der Waals surface area (Å²) in [5.41, 5.74) is 9.11. The zero-order valence-corrected chi connectivity index (χ0v) is 13.9. The van der Waals surface area contributed by atoms with Crippen molar-refractivity contribution in [3.63, 3.8) is 0 Å². The molecule has 4 N–H and O–H groups in total. The summed E-state index contributed by atoms with van der Waals surface area (Å²) in [5.74, 6) is 0.547. The minimum atomic E-state index is 0.547. The molecule has 124 valence electrons. The molecule has 0 aromatic heterocycles. The van der Waals surface area contributed by atoms with Gasteiger partial charge in [-0.1, -0.05) is 6.58 Å². The second-order valence-corrected chi connectivity index (χ2v) is 5.13. The Morgan fingerprint density at radius 3 is 2.25 bits per heavy atom. The van der Waals surface area contributed by atoms with Gasteiger partial charge >= 0.3 is 0 Å². The van der Waals surface area contributed by atoms with E-state index in [4.69, 9.17) is 5.73 Å². The molecule has 2 aromatic rings. The van der Waals surface area contributed by atoms with E-state index in [1.165, 1.54) is 0 Å². The van der Waals surface area contributed by atoms with Crippen LogP contribution in [0.4, 0.5) is 22.7 Å². The van der Waals surface area contributed by atoms with E-state index in [-0.39, 0.29) is 0 Å². The molecule has 0 aliphatic carbocycles. The maximum atomic E-state index is 5.68. The zero-order chi connectivity index (χ0) is 17.4. The summed E-state index contributed by atoms with van der Waals surface area (Å²) >= 11 is 0. The summed E-state index contributed by atoms with van der Waals surface area (Å²) in [5, 5.41) is 14.5. The number of nitrogen functional groups attached to an aromatic ring is 1. The van der Waals surface area contributed by atoms with Crippen LogP contribution >= 0.6 is 0 Å². The van der Waals surface area contributed by atoms with E-state index in [0.717, 1.165) is 22.7 Å². The number of nitrogens with zero attached hydrogens (tertiary/aromatic N) is 3.